The third-order valence-electron chi connectivity index (χ3n) is 5.89. The average molecular weight is 323 g/mol. The van der Waals surface area contributed by atoms with Crippen LogP contribution >= 0.6 is 0 Å². The van der Waals surface area contributed by atoms with Gasteiger partial charge < -0.3 is 9.47 Å². The molecule has 0 aromatic heterocycles. The Morgan fingerprint density at radius 3 is 2.57 bits per heavy atom. The van der Waals surface area contributed by atoms with Crippen LogP contribution in [0.5, 0.6) is 0 Å². The summed E-state index contributed by atoms with van der Waals surface area (Å²) in [6.45, 7) is 12.3. The van der Waals surface area contributed by atoms with Crippen molar-refractivity contribution in [3.63, 3.8) is 0 Å². The van der Waals surface area contributed by atoms with Crippen LogP contribution in [0.15, 0.2) is 11.6 Å². The molecule has 0 spiro atoms. The molecule has 1 aliphatic carbocycles. The Kier molecular flexibility index (Phi) is 7.16. The fourth-order valence-corrected chi connectivity index (χ4v) is 4.38. The lowest BCUT2D eigenvalue weighted by Gasteiger charge is -2.50. The van der Waals surface area contributed by atoms with E-state index in [1.165, 1.54) is 50.5 Å². The van der Waals surface area contributed by atoms with E-state index in [1.807, 2.05) is 0 Å². The number of hydrogen-bond donors (Lipinski definition) is 0. The lowest BCUT2D eigenvalue weighted by molar-refractivity contribution is -0.341. The van der Waals surface area contributed by atoms with Crippen LogP contribution in [-0.4, -0.2) is 18.5 Å². The third kappa shape index (κ3) is 4.60. The van der Waals surface area contributed by atoms with Gasteiger partial charge in [0.2, 0.25) is 0 Å². The second-order valence-corrected chi connectivity index (χ2v) is 8.02. The molecule has 0 N–H and O–H groups in total. The molecule has 23 heavy (non-hydrogen) atoms. The number of hydrogen-bond acceptors (Lipinski definition) is 2. The van der Waals surface area contributed by atoms with Crippen molar-refractivity contribution in [2.75, 3.05) is 6.61 Å². The maximum atomic E-state index is 6.78. The highest BCUT2D eigenvalue weighted by molar-refractivity contribution is 5.09. The number of unbranched alkanes of at least 4 members (excludes halogenated alkanes) is 2. The summed E-state index contributed by atoms with van der Waals surface area (Å²) in [6.07, 6.45) is 12.4. The summed E-state index contributed by atoms with van der Waals surface area (Å²) in [4.78, 5) is 0. The predicted octanol–water partition coefficient (Wildman–Crippen LogP) is 6.11. The molecule has 1 saturated heterocycles. The van der Waals surface area contributed by atoms with E-state index < -0.39 is 0 Å². The van der Waals surface area contributed by atoms with Gasteiger partial charge in [-0.3, -0.25) is 0 Å². The smallest absolute Gasteiger partial charge is 0.172 e. The molecule has 2 heteroatoms. The Labute approximate surface area is 144 Å². The molecule has 2 nitrogen and oxygen atoms in total. The zero-order valence-electron chi connectivity index (χ0n) is 16.1. The van der Waals surface area contributed by atoms with Gasteiger partial charge in [-0.2, -0.15) is 0 Å². The van der Waals surface area contributed by atoms with Gasteiger partial charge in [0.05, 0.1) is 12.7 Å². The topological polar surface area (TPSA) is 18.5 Å². The summed E-state index contributed by atoms with van der Waals surface area (Å²) < 4.78 is 13.3. The molecular weight excluding hydrogens is 284 g/mol. The zero-order chi connectivity index (χ0) is 16.9. The van der Waals surface area contributed by atoms with Gasteiger partial charge >= 0.3 is 0 Å². The first-order chi connectivity index (χ1) is 11.0. The van der Waals surface area contributed by atoms with Crippen molar-refractivity contribution in [1.29, 1.82) is 0 Å². The molecule has 2 aliphatic rings. The zero-order valence-corrected chi connectivity index (χ0v) is 16.1. The Balaban J connectivity index is 2.17. The van der Waals surface area contributed by atoms with Crippen LogP contribution < -0.4 is 0 Å². The van der Waals surface area contributed by atoms with E-state index in [-0.39, 0.29) is 5.79 Å². The summed E-state index contributed by atoms with van der Waals surface area (Å²) in [7, 11) is 0. The van der Waals surface area contributed by atoms with Gasteiger partial charge in [0.1, 0.15) is 0 Å². The standard InChI is InChI=1S/C21H38O2/c1-6-8-10-20-18(5)15-22-21(23-20,13-9-7-2)19-12-11-16(3)14-17(19)4/h14,17-20H,6-13,15H2,1-5H3. The fourth-order valence-electron chi connectivity index (χ4n) is 4.38. The molecule has 5 atom stereocenters. The lowest BCUT2D eigenvalue weighted by Crippen LogP contribution is -2.54. The van der Waals surface area contributed by atoms with Gasteiger partial charge in [0.15, 0.2) is 5.79 Å². The number of allylic oxidation sites excluding steroid dienone is 2. The van der Waals surface area contributed by atoms with Crippen molar-refractivity contribution in [3.05, 3.63) is 11.6 Å². The third-order valence-corrected chi connectivity index (χ3v) is 5.89. The van der Waals surface area contributed by atoms with E-state index in [0.29, 0.717) is 23.9 Å². The second-order valence-electron chi connectivity index (χ2n) is 8.02. The lowest BCUT2D eigenvalue weighted by atomic mass is 9.74. The maximum Gasteiger partial charge on any atom is 0.172 e. The minimum atomic E-state index is -0.336. The van der Waals surface area contributed by atoms with Crippen LogP contribution in [0.4, 0.5) is 0 Å². The van der Waals surface area contributed by atoms with E-state index >= 15 is 0 Å². The average Bonchev–Trinajstić information content (AvgIpc) is 2.53. The largest absolute Gasteiger partial charge is 0.349 e. The molecule has 2 rings (SSSR count). The minimum absolute atomic E-state index is 0.336. The van der Waals surface area contributed by atoms with Gasteiger partial charge in [-0.1, -0.05) is 58.6 Å². The van der Waals surface area contributed by atoms with E-state index in [9.17, 15) is 0 Å². The first-order valence-electron chi connectivity index (χ1n) is 10.0. The first kappa shape index (κ1) is 19.0. The quantitative estimate of drug-likeness (QED) is 0.527. The van der Waals surface area contributed by atoms with Crippen LogP contribution in [0.3, 0.4) is 0 Å². The van der Waals surface area contributed by atoms with Gasteiger partial charge in [-0.25, -0.2) is 0 Å². The van der Waals surface area contributed by atoms with Crippen LogP contribution in [0, 0.1) is 17.8 Å². The van der Waals surface area contributed by atoms with E-state index in [2.05, 4.69) is 40.7 Å². The van der Waals surface area contributed by atoms with Gasteiger partial charge in [0.25, 0.3) is 0 Å². The predicted molar refractivity (Wildman–Crippen MR) is 97.4 cm³/mol. The van der Waals surface area contributed by atoms with Crippen molar-refractivity contribution in [2.45, 2.75) is 97.9 Å². The Morgan fingerprint density at radius 1 is 1.17 bits per heavy atom. The fraction of sp³-hybridized carbons (Fsp3) is 0.905. The molecule has 0 aromatic rings. The molecule has 1 fully saturated rings. The van der Waals surface area contributed by atoms with E-state index in [4.69, 9.17) is 9.47 Å². The summed E-state index contributed by atoms with van der Waals surface area (Å²) in [5, 5.41) is 0. The van der Waals surface area contributed by atoms with Gasteiger partial charge in [-0.05, 0) is 38.5 Å². The molecule has 0 bridgehead atoms. The Bertz CT molecular complexity index is 385. The molecule has 0 saturated carbocycles. The highest BCUT2D eigenvalue weighted by Crippen LogP contribution is 2.45. The van der Waals surface area contributed by atoms with Crippen molar-refractivity contribution < 1.29 is 9.47 Å². The Hall–Kier alpha value is -0.340. The van der Waals surface area contributed by atoms with Crippen LogP contribution in [-0.2, 0) is 9.47 Å². The van der Waals surface area contributed by atoms with E-state index in [0.717, 1.165) is 13.0 Å². The van der Waals surface area contributed by atoms with Crippen molar-refractivity contribution in [1.82, 2.24) is 0 Å². The highest BCUT2D eigenvalue weighted by atomic mass is 16.7. The van der Waals surface area contributed by atoms with Crippen molar-refractivity contribution >= 4 is 0 Å². The van der Waals surface area contributed by atoms with Crippen LogP contribution in [0.1, 0.15) is 86.0 Å². The van der Waals surface area contributed by atoms with E-state index in [1.54, 1.807) is 0 Å². The first-order valence-corrected chi connectivity index (χ1v) is 10.0. The molecule has 0 amide bonds. The van der Waals surface area contributed by atoms with Gasteiger partial charge in [-0.15, -0.1) is 0 Å². The summed E-state index contributed by atoms with van der Waals surface area (Å²) >= 11 is 0. The number of ether oxygens (including phenoxy) is 2. The number of rotatable bonds is 7. The molecule has 1 heterocycles. The molecule has 134 valence electrons. The van der Waals surface area contributed by atoms with Crippen LogP contribution in [0.2, 0.25) is 0 Å². The SMILES string of the molecule is CCCCC1OC(CCCC)(C2CCC(C)=CC2C)OCC1C. The monoisotopic (exact) mass is 322 g/mol. The summed E-state index contributed by atoms with van der Waals surface area (Å²) in [6, 6.07) is 0. The second kappa shape index (κ2) is 8.67. The summed E-state index contributed by atoms with van der Waals surface area (Å²) in [5.41, 5.74) is 1.53. The molecule has 1 aliphatic heterocycles. The normalized spacial score (nSPS) is 38.4. The molecular formula is C21H38O2. The van der Waals surface area contributed by atoms with Crippen LogP contribution in [0.25, 0.3) is 0 Å². The maximum absolute atomic E-state index is 6.78. The molecule has 0 aromatic carbocycles. The molecule has 5 unspecified atom stereocenters. The molecule has 0 radical (unpaired) electrons. The minimum Gasteiger partial charge on any atom is -0.349 e. The highest BCUT2D eigenvalue weighted by Gasteiger charge is 2.48. The Morgan fingerprint density at radius 2 is 1.91 bits per heavy atom. The van der Waals surface area contributed by atoms with Crippen molar-refractivity contribution in [3.8, 4) is 0 Å². The van der Waals surface area contributed by atoms with Gasteiger partial charge in [0, 0.05) is 18.3 Å². The summed E-state index contributed by atoms with van der Waals surface area (Å²) in [5.74, 6) is 1.25. The van der Waals surface area contributed by atoms with Crippen molar-refractivity contribution in [2.24, 2.45) is 17.8 Å².